The highest BCUT2D eigenvalue weighted by Crippen LogP contribution is 2.26. The van der Waals surface area contributed by atoms with Gasteiger partial charge in [0.05, 0.1) is 10.0 Å². The molecule has 0 spiro atoms. The van der Waals surface area contributed by atoms with Crippen LogP contribution >= 0.6 is 23.2 Å². The summed E-state index contributed by atoms with van der Waals surface area (Å²) >= 11 is 11.7. The highest BCUT2D eigenvalue weighted by atomic mass is 35.5. The predicted octanol–water partition coefficient (Wildman–Crippen LogP) is 3.29. The van der Waals surface area contributed by atoms with E-state index in [-0.39, 0.29) is 17.9 Å². The number of nitrogens with one attached hydrogen (secondary N) is 1. The Morgan fingerprint density at radius 2 is 2.05 bits per heavy atom. The number of rotatable bonds is 7. The summed E-state index contributed by atoms with van der Waals surface area (Å²) in [6.45, 7) is 6.19. The number of hydrogen-bond acceptors (Lipinski definition) is 3. The lowest BCUT2D eigenvalue weighted by Crippen LogP contribution is -2.41. The number of hydrogen-bond donors (Lipinski definition) is 2. The van der Waals surface area contributed by atoms with Crippen LogP contribution in [-0.2, 0) is 4.79 Å². The Bertz CT molecular complexity index is 492. The molecule has 0 fully saturated rings. The molecule has 4 nitrogen and oxygen atoms in total. The molecule has 6 heteroatoms. The molecular formula is C15H21Cl2NO3. The Hall–Kier alpha value is -0.970. The van der Waals surface area contributed by atoms with Crippen molar-refractivity contribution in [3.8, 4) is 5.75 Å². The van der Waals surface area contributed by atoms with Gasteiger partial charge in [-0.15, -0.1) is 0 Å². The van der Waals surface area contributed by atoms with Crippen LogP contribution in [0.5, 0.6) is 5.75 Å². The Morgan fingerprint density at radius 1 is 1.38 bits per heavy atom. The molecule has 1 amide bonds. The summed E-state index contributed by atoms with van der Waals surface area (Å²) in [5, 5.41) is 12.6. The second kappa shape index (κ2) is 7.87. The maximum absolute atomic E-state index is 12.0. The number of carbonyl (C=O) groups is 1. The number of aliphatic hydroxyl groups excluding tert-OH is 1. The third-order valence-corrected chi connectivity index (χ3v) is 3.84. The van der Waals surface area contributed by atoms with Gasteiger partial charge in [-0.05, 0) is 30.9 Å². The van der Waals surface area contributed by atoms with Gasteiger partial charge >= 0.3 is 0 Å². The van der Waals surface area contributed by atoms with E-state index in [1.165, 1.54) is 0 Å². The molecule has 0 bridgehead atoms. The third-order valence-electron chi connectivity index (χ3n) is 3.10. The summed E-state index contributed by atoms with van der Waals surface area (Å²) in [5.74, 6) is 0.272. The van der Waals surface area contributed by atoms with Crippen molar-refractivity contribution in [1.29, 1.82) is 0 Å². The van der Waals surface area contributed by atoms with Crippen molar-refractivity contribution < 1.29 is 14.6 Å². The van der Waals surface area contributed by atoms with Gasteiger partial charge in [0.1, 0.15) is 5.75 Å². The molecule has 1 rings (SSSR count). The molecule has 1 atom stereocenters. The topological polar surface area (TPSA) is 58.6 Å². The van der Waals surface area contributed by atoms with Crippen LogP contribution in [0.15, 0.2) is 18.2 Å². The number of halogens is 2. The molecule has 1 aromatic carbocycles. The van der Waals surface area contributed by atoms with Gasteiger partial charge in [0.2, 0.25) is 0 Å². The molecule has 0 aliphatic carbocycles. The van der Waals surface area contributed by atoms with Crippen molar-refractivity contribution in [3.63, 3.8) is 0 Å². The molecule has 0 saturated carbocycles. The van der Waals surface area contributed by atoms with E-state index in [0.29, 0.717) is 28.8 Å². The van der Waals surface area contributed by atoms with E-state index in [1.807, 2.05) is 13.8 Å². The minimum Gasteiger partial charge on any atom is -0.481 e. The average Bonchev–Trinajstić information content (AvgIpc) is 2.40. The first kappa shape index (κ1) is 18.1. The number of ether oxygens (including phenoxy) is 1. The van der Waals surface area contributed by atoms with Gasteiger partial charge in [0.25, 0.3) is 5.91 Å². The normalized spacial score (nSPS) is 12.9. The monoisotopic (exact) mass is 333 g/mol. The Balaban J connectivity index is 2.53. The summed E-state index contributed by atoms with van der Waals surface area (Å²) in [4.78, 5) is 12.0. The quantitative estimate of drug-likeness (QED) is 0.804. The number of benzene rings is 1. The Morgan fingerprint density at radius 3 is 2.62 bits per heavy atom. The van der Waals surface area contributed by atoms with Crippen molar-refractivity contribution in [1.82, 2.24) is 5.32 Å². The molecule has 118 valence electrons. The second-order valence-electron chi connectivity index (χ2n) is 5.69. The smallest absolute Gasteiger partial charge is 0.260 e. The summed E-state index contributed by atoms with van der Waals surface area (Å²) in [6.07, 6.45) is -0.0258. The van der Waals surface area contributed by atoms with Crippen LogP contribution in [0.4, 0.5) is 0 Å². The van der Waals surface area contributed by atoms with E-state index in [1.54, 1.807) is 25.1 Å². The van der Waals surface area contributed by atoms with Crippen LogP contribution in [0.3, 0.4) is 0 Å². The average molecular weight is 334 g/mol. The fourth-order valence-corrected chi connectivity index (χ4v) is 1.96. The van der Waals surface area contributed by atoms with E-state index in [2.05, 4.69) is 5.32 Å². The maximum Gasteiger partial charge on any atom is 0.260 e. The zero-order valence-corrected chi connectivity index (χ0v) is 14.0. The van der Waals surface area contributed by atoms with Gasteiger partial charge in [0.15, 0.2) is 6.10 Å². The summed E-state index contributed by atoms with van der Waals surface area (Å²) < 4.78 is 5.53. The van der Waals surface area contributed by atoms with Gasteiger partial charge < -0.3 is 15.2 Å². The molecule has 0 saturated heterocycles. The molecule has 0 aliphatic rings. The highest BCUT2D eigenvalue weighted by molar-refractivity contribution is 6.42. The van der Waals surface area contributed by atoms with Crippen molar-refractivity contribution in [2.75, 3.05) is 13.2 Å². The fraction of sp³-hybridized carbons (Fsp3) is 0.533. The standard InChI is InChI=1S/C15H21Cl2NO3/c1-10(14(20)18-9-15(2,3)6-7-19)21-11-4-5-12(16)13(17)8-11/h4-5,8,10,19H,6-7,9H2,1-3H3,(H,18,20). The summed E-state index contributed by atoms with van der Waals surface area (Å²) in [6, 6.07) is 4.85. The molecule has 1 aromatic rings. The van der Waals surface area contributed by atoms with Crippen LogP contribution in [-0.4, -0.2) is 30.3 Å². The first-order chi connectivity index (χ1) is 9.75. The lowest BCUT2D eigenvalue weighted by Gasteiger charge is -2.25. The predicted molar refractivity (Wildman–Crippen MR) is 85.0 cm³/mol. The summed E-state index contributed by atoms with van der Waals surface area (Å²) in [7, 11) is 0. The molecule has 2 N–H and O–H groups in total. The van der Waals surface area contributed by atoms with Gasteiger partial charge in [-0.3, -0.25) is 4.79 Å². The molecular weight excluding hydrogens is 313 g/mol. The lowest BCUT2D eigenvalue weighted by molar-refractivity contribution is -0.127. The van der Waals surface area contributed by atoms with Crippen molar-refractivity contribution in [2.45, 2.75) is 33.3 Å². The largest absolute Gasteiger partial charge is 0.481 e. The number of amides is 1. The lowest BCUT2D eigenvalue weighted by atomic mass is 9.90. The SMILES string of the molecule is CC(Oc1ccc(Cl)c(Cl)c1)C(=O)NCC(C)(C)CCO. The van der Waals surface area contributed by atoms with E-state index < -0.39 is 6.10 Å². The van der Waals surface area contributed by atoms with E-state index >= 15 is 0 Å². The van der Waals surface area contributed by atoms with Gasteiger partial charge in [-0.25, -0.2) is 0 Å². The number of carbonyl (C=O) groups excluding carboxylic acids is 1. The minimum absolute atomic E-state index is 0.0954. The fourth-order valence-electron chi connectivity index (χ4n) is 1.67. The molecule has 0 aliphatic heterocycles. The first-order valence-corrected chi connectivity index (χ1v) is 7.51. The van der Waals surface area contributed by atoms with Gasteiger partial charge in [-0.1, -0.05) is 37.0 Å². The van der Waals surface area contributed by atoms with Gasteiger partial charge in [-0.2, -0.15) is 0 Å². The van der Waals surface area contributed by atoms with Crippen LogP contribution < -0.4 is 10.1 Å². The zero-order valence-electron chi connectivity index (χ0n) is 12.5. The maximum atomic E-state index is 12.0. The Labute approximate surface area is 135 Å². The Kier molecular flexibility index (Phi) is 6.78. The van der Waals surface area contributed by atoms with E-state index in [0.717, 1.165) is 0 Å². The van der Waals surface area contributed by atoms with Crippen molar-refractivity contribution in [2.24, 2.45) is 5.41 Å². The molecule has 1 unspecified atom stereocenters. The molecule has 0 radical (unpaired) electrons. The van der Waals surface area contributed by atoms with Crippen molar-refractivity contribution >= 4 is 29.1 Å². The minimum atomic E-state index is -0.646. The molecule has 21 heavy (non-hydrogen) atoms. The van der Waals surface area contributed by atoms with Crippen LogP contribution in [0.25, 0.3) is 0 Å². The third kappa shape index (κ3) is 6.12. The van der Waals surface area contributed by atoms with Crippen molar-refractivity contribution in [3.05, 3.63) is 28.2 Å². The highest BCUT2D eigenvalue weighted by Gasteiger charge is 2.21. The van der Waals surface area contributed by atoms with Crippen LogP contribution in [0.1, 0.15) is 27.2 Å². The molecule has 0 aromatic heterocycles. The first-order valence-electron chi connectivity index (χ1n) is 6.75. The summed E-state index contributed by atoms with van der Waals surface area (Å²) in [5.41, 5.74) is -0.159. The van der Waals surface area contributed by atoms with Gasteiger partial charge in [0, 0.05) is 19.2 Å². The second-order valence-corrected chi connectivity index (χ2v) is 6.51. The molecule has 0 heterocycles. The van der Waals surface area contributed by atoms with E-state index in [9.17, 15) is 4.79 Å². The zero-order chi connectivity index (χ0) is 16.0. The van der Waals surface area contributed by atoms with Crippen LogP contribution in [0, 0.1) is 5.41 Å². The number of aliphatic hydroxyl groups is 1. The van der Waals surface area contributed by atoms with Crippen LogP contribution in [0.2, 0.25) is 10.0 Å². The van der Waals surface area contributed by atoms with E-state index in [4.69, 9.17) is 33.0 Å².